The fraction of sp³-hybridized carbons (Fsp3) is 0.217. The van der Waals surface area contributed by atoms with Crippen molar-refractivity contribution in [1.29, 1.82) is 0 Å². The molecule has 7 heteroatoms. The van der Waals surface area contributed by atoms with E-state index in [1.54, 1.807) is 35.2 Å². The molecule has 0 bridgehead atoms. The first-order valence-corrected chi connectivity index (χ1v) is 10.6. The molecule has 0 N–H and O–H groups in total. The molecule has 0 radical (unpaired) electrons. The molecule has 30 heavy (non-hydrogen) atoms. The average molecular weight is 422 g/mol. The molecule has 2 aromatic heterocycles. The van der Waals surface area contributed by atoms with Crippen LogP contribution in [-0.2, 0) is 4.74 Å². The summed E-state index contributed by atoms with van der Waals surface area (Å²) in [5, 5.41) is 0.598. The van der Waals surface area contributed by atoms with Crippen LogP contribution in [0, 0.1) is 5.82 Å². The number of para-hydroxylation sites is 1. The highest BCUT2D eigenvalue weighted by molar-refractivity contribution is 7.22. The zero-order valence-corrected chi connectivity index (χ0v) is 16.9. The van der Waals surface area contributed by atoms with Crippen LogP contribution >= 0.6 is 11.3 Å². The Morgan fingerprint density at radius 3 is 2.77 bits per heavy atom. The first kappa shape index (κ1) is 19.0. The zero-order valence-electron chi connectivity index (χ0n) is 16.1. The van der Waals surface area contributed by atoms with Crippen LogP contribution < -0.4 is 4.90 Å². The first-order valence-electron chi connectivity index (χ1n) is 9.83. The van der Waals surface area contributed by atoms with Gasteiger partial charge in [0, 0.05) is 6.61 Å². The highest BCUT2D eigenvalue weighted by atomic mass is 32.1. The number of nitrogens with zero attached hydrogens (tertiary/aromatic N) is 2. The lowest BCUT2D eigenvalue weighted by Crippen LogP contribution is -2.37. The second kappa shape index (κ2) is 8.01. The standard InChI is InChI=1S/C23H19FN2O3S/c24-17-8-2-1-7-16(17)19-11-12-20(29-19)22(27)26(14-15-6-5-13-28-15)23-25-18-9-3-4-10-21(18)30-23/h1-4,7-12,15H,5-6,13-14H2. The van der Waals surface area contributed by atoms with Crippen molar-refractivity contribution >= 4 is 32.6 Å². The number of carbonyl (C=O) groups is 1. The number of amides is 1. The van der Waals surface area contributed by atoms with Crippen molar-refractivity contribution in [2.45, 2.75) is 18.9 Å². The molecule has 1 amide bonds. The third kappa shape index (κ3) is 3.62. The Balaban J connectivity index is 1.49. The van der Waals surface area contributed by atoms with Crippen LogP contribution in [0.5, 0.6) is 0 Å². The molecule has 1 aliphatic heterocycles. The van der Waals surface area contributed by atoms with Gasteiger partial charge in [0.05, 0.1) is 28.4 Å². The number of hydrogen-bond acceptors (Lipinski definition) is 5. The van der Waals surface area contributed by atoms with Gasteiger partial charge in [-0.05, 0) is 49.2 Å². The lowest BCUT2D eigenvalue weighted by molar-refractivity contribution is 0.0895. The number of hydrogen-bond donors (Lipinski definition) is 0. The molecule has 0 saturated carbocycles. The van der Waals surface area contributed by atoms with Gasteiger partial charge in [-0.3, -0.25) is 9.69 Å². The Bertz CT molecular complexity index is 1160. The van der Waals surface area contributed by atoms with Gasteiger partial charge in [0.1, 0.15) is 11.6 Å². The number of ether oxygens (including phenoxy) is 1. The molecular weight excluding hydrogens is 403 g/mol. The van der Waals surface area contributed by atoms with E-state index in [4.69, 9.17) is 9.15 Å². The molecule has 1 unspecified atom stereocenters. The van der Waals surface area contributed by atoms with E-state index in [9.17, 15) is 9.18 Å². The number of furan rings is 1. The monoisotopic (exact) mass is 422 g/mol. The Morgan fingerprint density at radius 1 is 1.13 bits per heavy atom. The first-order chi connectivity index (χ1) is 14.7. The molecule has 4 aromatic rings. The van der Waals surface area contributed by atoms with E-state index < -0.39 is 5.82 Å². The minimum atomic E-state index is -0.395. The summed E-state index contributed by atoms with van der Waals surface area (Å²) in [5.74, 6) is -0.247. The van der Waals surface area contributed by atoms with Gasteiger partial charge in [-0.1, -0.05) is 35.6 Å². The molecule has 1 fully saturated rings. The maximum atomic E-state index is 14.1. The van der Waals surface area contributed by atoms with Crippen LogP contribution in [0.4, 0.5) is 9.52 Å². The predicted octanol–water partition coefficient (Wildman–Crippen LogP) is 5.52. The summed E-state index contributed by atoms with van der Waals surface area (Å²) in [6.45, 7) is 1.10. The summed E-state index contributed by atoms with van der Waals surface area (Å²) in [6.07, 6.45) is 1.83. The SMILES string of the molecule is O=C(c1ccc(-c2ccccc2F)o1)N(CC1CCCO1)c1nc2ccccc2s1. The minimum Gasteiger partial charge on any atom is -0.451 e. The van der Waals surface area contributed by atoms with Crippen molar-refractivity contribution in [3.8, 4) is 11.3 Å². The van der Waals surface area contributed by atoms with Gasteiger partial charge < -0.3 is 9.15 Å². The van der Waals surface area contributed by atoms with E-state index in [-0.39, 0.29) is 17.8 Å². The Morgan fingerprint density at radius 2 is 1.97 bits per heavy atom. The van der Waals surface area contributed by atoms with Crippen molar-refractivity contribution in [1.82, 2.24) is 4.98 Å². The normalized spacial score (nSPS) is 16.2. The molecule has 152 valence electrons. The van der Waals surface area contributed by atoms with Gasteiger partial charge in [-0.15, -0.1) is 0 Å². The number of aromatic nitrogens is 1. The smallest absolute Gasteiger partial charge is 0.295 e. The number of halogens is 1. The van der Waals surface area contributed by atoms with E-state index in [1.807, 2.05) is 24.3 Å². The quantitative estimate of drug-likeness (QED) is 0.425. The molecule has 1 saturated heterocycles. The van der Waals surface area contributed by atoms with Gasteiger partial charge in [0.15, 0.2) is 10.9 Å². The maximum Gasteiger partial charge on any atom is 0.295 e. The van der Waals surface area contributed by atoms with Crippen molar-refractivity contribution < 1.29 is 18.3 Å². The van der Waals surface area contributed by atoms with Crippen molar-refractivity contribution in [2.75, 3.05) is 18.1 Å². The lowest BCUT2D eigenvalue weighted by Gasteiger charge is -2.22. The lowest BCUT2D eigenvalue weighted by atomic mass is 10.1. The molecule has 1 aliphatic rings. The highest BCUT2D eigenvalue weighted by Gasteiger charge is 2.29. The Kier molecular flexibility index (Phi) is 5.06. The van der Waals surface area contributed by atoms with Crippen molar-refractivity contribution in [2.24, 2.45) is 0 Å². The zero-order chi connectivity index (χ0) is 20.5. The Hall–Kier alpha value is -3.03. The third-order valence-electron chi connectivity index (χ3n) is 5.12. The summed E-state index contributed by atoms with van der Waals surface area (Å²) in [6, 6.07) is 17.3. The number of fused-ring (bicyclic) bond motifs is 1. The number of thiazole rings is 1. The molecule has 0 spiro atoms. The Labute approximate surface area is 176 Å². The third-order valence-corrected chi connectivity index (χ3v) is 6.18. The van der Waals surface area contributed by atoms with E-state index >= 15 is 0 Å². The molecule has 5 rings (SSSR count). The summed E-state index contributed by atoms with van der Waals surface area (Å²) in [4.78, 5) is 19.7. The molecule has 5 nitrogen and oxygen atoms in total. The molecule has 2 aromatic carbocycles. The van der Waals surface area contributed by atoms with E-state index in [2.05, 4.69) is 4.98 Å². The van der Waals surface area contributed by atoms with Crippen molar-refractivity contribution in [3.63, 3.8) is 0 Å². The second-order valence-corrected chi connectivity index (χ2v) is 8.17. The molecule has 1 atom stereocenters. The van der Waals surface area contributed by atoms with Gasteiger partial charge in [-0.25, -0.2) is 9.37 Å². The fourth-order valence-corrected chi connectivity index (χ4v) is 4.58. The predicted molar refractivity (Wildman–Crippen MR) is 114 cm³/mol. The van der Waals surface area contributed by atoms with Crippen LogP contribution in [0.1, 0.15) is 23.4 Å². The minimum absolute atomic E-state index is 0.0398. The maximum absolute atomic E-state index is 14.1. The van der Waals surface area contributed by atoms with Crippen LogP contribution in [0.15, 0.2) is 65.1 Å². The fourth-order valence-electron chi connectivity index (χ4n) is 3.61. The van der Waals surface area contributed by atoms with Crippen LogP contribution in [0.25, 0.3) is 21.5 Å². The van der Waals surface area contributed by atoms with Gasteiger partial charge in [-0.2, -0.15) is 0 Å². The van der Waals surface area contributed by atoms with E-state index in [1.165, 1.54) is 17.4 Å². The highest BCUT2D eigenvalue weighted by Crippen LogP contribution is 2.32. The number of benzene rings is 2. The van der Waals surface area contributed by atoms with Crippen LogP contribution in [-0.4, -0.2) is 30.1 Å². The molecular formula is C23H19FN2O3S. The largest absolute Gasteiger partial charge is 0.451 e. The number of carbonyl (C=O) groups excluding carboxylic acids is 1. The summed E-state index contributed by atoms with van der Waals surface area (Å²) in [5.41, 5.74) is 1.16. The summed E-state index contributed by atoms with van der Waals surface area (Å²) < 4.78 is 26.6. The van der Waals surface area contributed by atoms with Crippen LogP contribution in [0.3, 0.4) is 0 Å². The average Bonchev–Trinajstić information content (AvgIpc) is 3.52. The van der Waals surface area contributed by atoms with Gasteiger partial charge in [0.25, 0.3) is 5.91 Å². The topological polar surface area (TPSA) is 55.6 Å². The summed E-state index contributed by atoms with van der Waals surface area (Å²) >= 11 is 1.45. The van der Waals surface area contributed by atoms with Crippen LogP contribution in [0.2, 0.25) is 0 Å². The molecule has 0 aliphatic carbocycles. The summed E-state index contributed by atoms with van der Waals surface area (Å²) in [7, 11) is 0. The van der Waals surface area contributed by atoms with Crippen molar-refractivity contribution in [3.05, 3.63) is 72.2 Å². The number of anilines is 1. The molecule has 3 heterocycles. The van der Waals surface area contributed by atoms with Gasteiger partial charge in [0.2, 0.25) is 0 Å². The second-order valence-electron chi connectivity index (χ2n) is 7.16. The number of rotatable bonds is 5. The van der Waals surface area contributed by atoms with E-state index in [0.717, 1.165) is 23.1 Å². The van der Waals surface area contributed by atoms with E-state index in [0.29, 0.717) is 29.6 Å². The van der Waals surface area contributed by atoms with Gasteiger partial charge >= 0.3 is 0 Å².